The fraction of sp³-hybridized carbons (Fsp3) is 0.941. The van der Waals surface area contributed by atoms with E-state index in [0.29, 0.717) is 19.8 Å². The Hall–Kier alpha value is -0.650. The molecule has 22 heavy (non-hydrogen) atoms. The first kappa shape index (κ1) is 19.4. The molecule has 5 heteroatoms. The van der Waals surface area contributed by atoms with E-state index in [-0.39, 0.29) is 18.2 Å². The van der Waals surface area contributed by atoms with Gasteiger partial charge in [-0.1, -0.05) is 33.6 Å². The second-order valence-corrected chi connectivity index (χ2v) is 5.93. The van der Waals surface area contributed by atoms with Crippen LogP contribution < -0.4 is 0 Å². The molecule has 2 unspecified atom stereocenters. The molecule has 0 aliphatic carbocycles. The van der Waals surface area contributed by atoms with Gasteiger partial charge in [0.25, 0.3) is 0 Å². The summed E-state index contributed by atoms with van der Waals surface area (Å²) in [6.07, 6.45) is 4.37. The number of hydrogen-bond donors (Lipinski definition) is 0. The number of ether oxygens (including phenoxy) is 4. The van der Waals surface area contributed by atoms with Crippen LogP contribution in [-0.2, 0) is 23.7 Å². The molecule has 0 saturated carbocycles. The van der Waals surface area contributed by atoms with Gasteiger partial charge in [-0.3, -0.25) is 4.79 Å². The zero-order valence-corrected chi connectivity index (χ0v) is 14.6. The quantitative estimate of drug-likeness (QED) is 0.433. The molecule has 0 amide bonds. The Morgan fingerprint density at radius 1 is 1.18 bits per heavy atom. The molecule has 1 aliphatic heterocycles. The Labute approximate surface area is 134 Å². The molecule has 0 aromatic heterocycles. The number of carbonyl (C=O) groups is 1. The average molecular weight is 316 g/mol. The molecule has 0 N–H and O–H groups in total. The third kappa shape index (κ3) is 5.52. The summed E-state index contributed by atoms with van der Waals surface area (Å²) in [5, 5.41) is 0. The van der Waals surface area contributed by atoms with Gasteiger partial charge in [0, 0.05) is 20.1 Å². The normalized spacial score (nSPS) is 28.0. The zero-order chi connectivity index (χ0) is 16.4. The third-order valence-electron chi connectivity index (χ3n) is 4.09. The standard InChI is InChI=1S/C17H32O5/c1-5-8-10-19-13-17(7-3)16(20-11-9-6-2)15(12-21-17)22-14(4)18/h15-16H,5-13H2,1-4H3/t15?,16?,17-/m1/s1. The van der Waals surface area contributed by atoms with Crippen molar-refractivity contribution in [3.63, 3.8) is 0 Å². The van der Waals surface area contributed by atoms with Crippen molar-refractivity contribution >= 4 is 5.97 Å². The van der Waals surface area contributed by atoms with E-state index in [1.165, 1.54) is 6.92 Å². The van der Waals surface area contributed by atoms with Crippen molar-refractivity contribution in [1.29, 1.82) is 0 Å². The second kappa shape index (κ2) is 10.2. The minimum absolute atomic E-state index is 0.255. The predicted octanol–water partition coefficient (Wildman–Crippen LogP) is 3.10. The second-order valence-electron chi connectivity index (χ2n) is 5.93. The molecular weight excluding hydrogens is 284 g/mol. The summed E-state index contributed by atoms with van der Waals surface area (Å²) >= 11 is 0. The van der Waals surface area contributed by atoms with E-state index in [2.05, 4.69) is 20.8 Å². The van der Waals surface area contributed by atoms with Crippen LogP contribution in [0.2, 0.25) is 0 Å². The number of esters is 1. The molecule has 1 fully saturated rings. The van der Waals surface area contributed by atoms with Crippen molar-refractivity contribution in [1.82, 2.24) is 0 Å². The minimum Gasteiger partial charge on any atom is -0.457 e. The molecule has 1 rings (SSSR count). The van der Waals surface area contributed by atoms with Gasteiger partial charge in [-0.25, -0.2) is 0 Å². The summed E-state index contributed by atoms with van der Waals surface area (Å²) in [6, 6.07) is 0. The molecule has 130 valence electrons. The van der Waals surface area contributed by atoms with Gasteiger partial charge >= 0.3 is 5.97 Å². The molecule has 0 bridgehead atoms. The van der Waals surface area contributed by atoms with E-state index in [0.717, 1.165) is 38.7 Å². The Morgan fingerprint density at radius 3 is 2.45 bits per heavy atom. The molecule has 1 saturated heterocycles. The molecule has 0 aromatic carbocycles. The van der Waals surface area contributed by atoms with Gasteiger partial charge in [0.15, 0.2) is 6.10 Å². The first-order valence-electron chi connectivity index (χ1n) is 8.60. The van der Waals surface area contributed by atoms with E-state index in [4.69, 9.17) is 18.9 Å². The van der Waals surface area contributed by atoms with Crippen LogP contribution in [0.5, 0.6) is 0 Å². The predicted molar refractivity (Wildman–Crippen MR) is 84.9 cm³/mol. The fourth-order valence-electron chi connectivity index (χ4n) is 2.70. The molecular formula is C17H32O5. The van der Waals surface area contributed by atoms with Gasteiger partial charge in [0.2, 0.25) is 0 Å². The average Bonchev–Trinajstić information content (AvgIpc) is 2.82. The highest BCUT2D eigenvalue weighted by Crippen LogP contribution is 2.34. The molecule has 0 spiro atoms. The monoisotopic (exact) mass is 316 g/mol. The zero-order valence-electron chi connectivity index (χ0n) is 14.6. The summed E-state index contributed by atoms with van der Waals surface area (Å²) in [5.41, 5.74) is -0.512. The smallest absolute Gasteiger partial charge is 0.303 e. The lowest BCUT2D eigenvalue weighted by Crippen LogP contribution is -2.49. The van der Waals surface area contributed by atoms with E-state index in [1.807, 2.05) is 0 Å². The molecule has 5 nitrogen and oxygen atoms in total. The number of rotatable bonds is 11. The largest absolute Gasteiger partial charge is 0.457 e. The van der Waals surface area contributed by atoms with Crippen LogP contribution in [0.3, 0.4) is 0 Å². The lowest BCUT2D eigenvalue weighted by Gasteiger charge is -2.34. The van der Waals surface area contributed by atoms with Crippen LogP contribution >= 0.6 is 0 Å². The lowest BCUT2D eigenvalue weighted by atomic mass is 9.93. The maximum Gasteiger partial charge on any atom is 0.303 e. The highest BCUT2D eigenvalue weighted by molar-refractivity contribution is 5.66. The van der Waals surface area contributed by atoms with Crippen molar-refractivity contribution in [2.24, 2.45) is 0 Å². The van der Waals surface area contributed by atoms with Crippen molar-refractivity contribution in [2.75, 3.05) is 26.4 Å². The topological polar surface area (TPSA) is 54.0 Å². The van der Waals surface area contributed by atoms with Crippen molar-refractivity contribution in [3.8, 4) is 0 Å². The van der Waals surface area contributed by atoms with E-state index in [9.17, 15) is 4.79 Å². The third-order valence-corrected chi connectivity index (χ3v) is 4.09. The van der Waals surface area contributed by atoms with E-state index >= 15 is 0 Å². The highest BCUT2D eigenvalue weighted by Gasteiger charge is 2.51. The van der Waals surface area contributed by atoms with Crippen LogP contribution in [0.4, 0.5) is 0 Å². The fourth-order valence-corrected chi connectivity index (χ4v) is 2.70. The number of carbonyl (C=O) groups excluding carboxylic acids is 1. The lowest BCUT2D eigenvalue weighted by molar-refractivity contribution is -0.158. The summed E-state index contributed by atoms with van der Waals surface area (Å²) in [7, 11) is 0. The first-order valence-corrected chi connectivity index (χ1v) is 8.60. The van der Waals surface area contributed by atoms with Gasteiger partial charge in [-0.05, 0) is 19.3 Å². The molecule has 0 aromatic rings. The van der Waals surface area contributed by atoms with Gasteiger partial charge < -0.3 is 18.9 Å². The van der Waals surface area contributed by atoms with Crippen LogP contribution in [0, 0.1) is 0 Å². The summed E-state index contributed by atoms with van der Waals surface area (Å²) in [6.45, 7) is 9.99. The maximum absolute atomic E-state index is 11.3. The van der Waals surface area contributed by atoms with Crippen molar-refractivity contribution in [2.45, 2.75) is 77.6 Å². The van der Waals surface area contributed by atoms with Crippen LogP contribution in [0.25, 0.3) is 0 Å². The van der Waals surface area contributed by atoms with Crippen LogP contribution in [0.15, 0.2) is 0 Å². The van der Waals surface area contributed by atoms with Gasteiger partial charge in [0.05, 0.1) is 13.2 Å². The van der Waals surface area contributed by atoms with E-state index in [1.54, 1.807) is 0 Å². The SMILES string of the molecule is CCCCOC[C@@]1(CC)OCC(OC(C)=O)C1OCCCC. The van der Waals surface area contributed by atoms with Gasteiger partial charge in [-0.2, -0.15) is 0 Å². The van der Waals surface area contributed by atoms with E-state index < -0.39 is 5.60 Å². The van der Waals surface area contributed by atoms with Crippen LogP contribution in [0.1, 0.15) is 59.8 Å². The summed E-state index contributed by atoms with van der Waals surface area (Å²) in [5.74, 6) is -0.295. The molecule has 1 heterocycles. The summed E-state index contributed by atoms with van der Waals surface area (Å²) in [4.78, 5) is 11.3. The van der Waals surface area contributed by atoms with Crippen molar-refractivity contribution in [3.05, 3.63) is 0 Å². The number of hydrogen-bond acceptors (Lipinski definition) is 5. The molecule has 3 atom stereocenters. The maximum atomic E-state index is 11.3. The first-order chi connectivity index (χ1) is 10.6. The molecule has 1 aliphatic rings. The minimum atomic E-state index is -0.512. The van der Waals surface area contributed by atoms with Crippen molar-refractivity contribution < 1.29 is 23.7 Å². The highest BCUT2D eigenvalue weighted by atomic mass is 16.6. The molecule has 0 radical (unpaired) electrons. The van der Waals surface area contributed by atoms with Gasteiger partial charge in [-0.15, -0.1) is 0 Å². The Balaban J connectivity index is 2.70. The van der Waals surface area contributed by atoms with Gasteiger partial charge in [0.1, 0.15) is 11.7 Å². The van der Waals surface area contributed by atoms with Crippen LogP contribution in [-0.4, -0.2) is 50.2 Å². The number of unbranched alkanes of at least 4 members (excludes halogenated alkanes) is 2. The Bertz CT molecular complexity index is 320. The summed E-state index contributed by atoms with van der Waals surface area (Å²) < 4.78 is 23.2. The Morgan fingerprint density at radius 2 is 1.86 bits per heavy atom. The Kier molecular flexibility index (Phi) is 8.98.